The van der Waals surface area contributed by atoms with Crippen LogP contribution in [-0.4, -0.2) is 35.0 Å². The van der Waals surface area contributed by atoms with Gasteiger partial charge in [-0.1, -0.05) is 18.2 Å². The van der Waals surface area contributed by atoms with Crippen molar-refractivity contribution < 1.29 is 9.53 Å². The van der Waals surface area contributed by atoms with Gasteiger partial charge in [-0.2, -0.15) is 0 Å². The third-order valence-corrected chi connectivity index (χ3v) is 6.20. The van der Waals surface area contributed by atoms with E-state index in [9.17, 15) is 4.79 Å². The van der Waals surface area contributed by atoms with Gasteiger partial charge in [0.05, 0.1) is 16.8 Å². The van der Waals surface area contributed by atoms with Crippen LogP contribution in [-0.2, 0) is 0 Å². The fraction of sp³-hybridized carbons (Fsp3) is 0.474. The van der Waals surface area contributed by atoms with Gasteiger partial charge in [-0.25, -0.2) is 4.98 Å². The number of carbonyl (C=O) groups excluding carboxylic acids is 1. The van der Waals surface area contributed by atoms with E-state index in [1.807, 2.05) is 49.1 Å². The van der Waals surface area contributed by atoms with Gasteiger partial charge in [0.25, 0.3) is 5.91 Å². The SMILES string of the molecule is Cc1nc(C)c(C(=O)N2C[C@H]3CC(Oc4ccccc4)C[C@H]3C2)s1. The molecular weight excluding hydrogens is 320 g/mol. The molecule has 126 valence electrons. The van der Waals surface area contributed by atoms with Crippen LogP contribution in [0.5, 0.6) is 5.75 Å². The minimum Gasteiger partial charge on any atom is -0.490 e. The minimum absolute atomic E-state index is 0.160. The lowest BCUT2D eigenvalue weighted by Gasteiger charge is -2.19. The highest BCUT2D eigenvalue weighted by Gasteiger charge is 2.43. The molecule has 0 N–H and O–H groups in total. The normalized spacial score (nSPS) is 25.8. The second kappa shape index (κ2) is 6.20. The Balaban J connectivity index is 1.37. The lowest BCUT2D eigenvalue weighted by atomic mass is 10.0. The first-order chi connectivity index (χ1) is 11.6. The van der Waals surface area contributed by atoms with Crippen LogP contribution in [0.1, 0.15) is 33.2 Å². The summed E-state index contributed by atoms with van der Waals surface area (Å²) in [5.41, 5.74) is 0.866. The highest BCUT2D eigenvalue weighted by molar-refractivity contribution is 7.13. The predicted octanol–water partition coefficient (Wildman–Crippen LogP) is 3.69. The number of fused-ring (bicyclic) bond motifs is 1. The quantitative estimate of drug-likeness (QED) is 0.854. The summed E-state index contributed by atoms with van der Waals surface area (Å²) < 4.78 is 6.10. The van der Waals surface area contributed by atoms with Crippen LogP contribution in [0.4, 0.5) is 0 Å². The Morgan fingerprint density at radius 1 is 1.17 bits per heavy atom. The molecule has 1 saturated heterocycles. The van der Waals surface area contributed by atoms with Gasteiger partial charge < -0.3 is 9.64 Å². The van der Waals surface area contributed by atoms with Crippen LogP contribution in [0, 0.1) is 25.7 Å². The number of nitrogens with zero attached hydrogens (tertiary/aromatic N) is 2. The fourth-order valence-corrected chi connectivity index (χ4v) is 4.96. The number of hydrogen-bond acceptors (Lipinski definition) is 4. The van der Waals surface area contributed by atoms with Crippen LogP contribution >= 0.6 is 11.3 Å². The van der Waals surface area contributed by atoms with Gasteiger partial charge in [0.15, 0.2) is 0 Å². The number of hydrogen-bond donors (Lipinski definition) is 0. The van der Waals surface area contributed by atoms with E-state index >= 15 is 0 Å². The van der Waals surface area contributed by atoms with E-state index in [4.69, 9.17) is 4.74 Å². The first-order valence-electron chi connectivity index (χ1n) is 8.55. The van der Waals surface area contributed by atoms with E-state index in [1.54, 1.807) is 0 Å². The minimum atomic E-state index is 0.160. The Bertz CT molecular complexity index is 729. The second-order valence-electron chi connectivity index (χ2n) is 6.90. The van der Waals surface area contributed by atoms with Crippen molar-refractivity contribution in [3.8, 4) is 5.75 Å². The van der Waals surface area contributed by atoms with E-state index in [1.165, 1.54) is 11.3 Å². The smallest absolute Gasteiger partial charge is 0.265 e. The zero-order valence-electron chi connectivity index (χ0n) is 14.1. The van der Waals surface area contributed by atoms with Crippen molar-refractivity contribution in [2.24, 2.45) is 11.8 Å². The Labute approximate surface area is 146 Å². The van der Waals surface area contributed by atoms with Crippen molar-refractivity contribution in [2.45, 2.75) is 32.8 Å². The number of likely N-dealkylation sites (tertiary alicyclic amines) is 1. The average molecular weight is 342 g/mol. The van der Waals surface area contributed by atoms with Crippen molar-refractivity contribution in [3.63, 3.8) is 0 Å². The molecule has 2 heterocycles. The number of rotatable bonds is 3. The van der Waals surface area contributed by atoms with Crippen molar-refractivity contribution >= 4 is 17.2 Å². The molecule has 3 atom stereocenters. The van der Waals surface area contributed by atoms with Crippen LogP contribution in [0.3, 0.4) is 0 Å². The van der Waals surface area contributed by atoms with Crippen molar-refractivity contribution in [1.29, 1.82) is 0 Å². The maximum absolute atomic E-state index is 12.7. The summed E-state index contributed by atoms with van der Waals surface area (Å²) in [5.74, 6) is 2.24. The lowest BCUT2D eigenvalue weighted by Crippen LogP contribution is -2.30. The molecule has 24 heavy (non-hydrogen) atoms. The van der Waals surface area contributed by atoms with Crippen LogP contribution in [0.15, 0.2) is 30.3 Å². The van der Waals surface area contributed by atoms with Gasteiger partial charge in [-0.15, -0.1) is 11.3 Å². The number of benzene rings is 1. The summed E-state index contributed by atoms with van der Waals surface area (Å²) in [4.78, 5) is 20.0. The molecule has 5 heteroatoms. The number of aromatic nitrogens is 1. The number of para-hydroxylation sites is 1. The van der Waals surface area contributed by atoms with Gasteiger partial charge in [0.2, 0.25) is 0 Å². The van der Waals surface area contributed by atoms with Gasteiger partial charge in [0, 0.05) is 13.1 Å². The molecule has 1 aromatic carbocycles. The molecule has 1 aliphatic carbocycles. The molecule has 0 bridgehead atoms. The van der Waals surface area contributed by atoms with Crippen LogP contribution in [0.25, 0.3) is 0 Å². The molecule has 1 aliphatic heterocycles. The summed E-state index contributed by atoms with van der Waals surface area (Å²) in [5, 5.41) is 0.964. The maximum Gasteiger partial charge on any atom is 0.265 e. The summed E-state index contributed by atoms with van der Waals surface area (Å²) >= 11 is 1.51. The van der Waals surface area contributed by atoms with E-state index < -0.39 is 0 Å². The summed E-state index contributed by atoms with van der Waals surface area (Å²) in [6.07, 6.45) is 2.38. The second-order valence-corrected chi connectivity index (χ2v) is 8.11. The molecule has 1 saturated carbocycles. The molecule has 1 unspecified atom stereocenters. The fourth-order valence-electron chi connectivity index (χ4n) is 4.07. The van der Waals surface area contributed by atoms with Gasteiger partial charge in [-0.3, -0.25) is 4.79 Å². The number of carbonyl (C=O) groups is 1. The third-order valence-electron chi connectivity index (χ3n) is 5.14. The first-order valence-corrected chi connectivity index (χ1v) is 9.37. The summed E-state index contributed by atoms with van der Waals surface area (Å²) in [6, 6.07) is 10.0. The van der Waals surface area contributed by atoms with Crippen molar-refractivity contribution in [3.05, 3.63) is 45.9 Å². The molecule has 4 nitrogen and oxygen atoms in total. The molecule has 0 spiro atoms. The maximum atomic E-state index is 12.7. The molecule has 1 aromatic heterocycles. The molecule has 1 amide bonds. The number of aryl methyl sites for hydroxylation is 2. The Kier molecular flexibility index (Phi) is 4.04. The Morgan fingerprint density at radius 2 is 1.83 bits per heavy atom. The Morgan fingerprint density at radius 3 is 2.42 bits per heavy atom. The zero-order valence-corrected chi connectivity index (χ0v) is 14.9. The highest BCUT2D eigenvalue weighted by atomic mass is 32.1. The van der Waals surface area contributed by atoms with Gasteiger partial charge in [-0.05, 0) is 50.7 Å². The van der Waals surface area contributed by atoms with Gasteiger partial charge >= 0.3 is 0 Å². The topological polar surface area (TPSA) is 42.4 Å². The molecule has 2 aromatic rings. The highest BCUT2D eigenvalue weighted by Crippen LogP contribution is 2.40. The molecule has 2 fully saturated rings. The standard InChI is InChI=1S/C19H22N2O2S/c1-12-18(24-13(2)20-12)19(22)21-10-14-8-17(9-15(14)11-21)23-16-6-4-3-5-7-16/h3-7,14-15,17H,8-11H2,1-2H3/t14-,15+,17?. The lowest BCUT2D eigenvalue weighted by molar-refractivity contribution is 0.0773. The van der Waals surface area contributed by atoms with Crippen LogP contribution in [0.2, 0.25) is 0 Å². The first kappa shape index (κ1) is 15.6. The van der Waals surface area contributed by atoms with Gasteiger partial charge in [0.1, 0.15) is 10.6 Å². The van der Waals surface area contributed by atoms with E-state index in [0.717, 1.165) is 47.3 Å². The monoisotopic (exact) mass is 342 g/mol. The van der Waals surface area contributed by atoms with Crippen molar-refractivity contribution in [1.82, 2.24) is 9.88 Å². The number of ether oxygens (including phenoxy) is 1. The number of thiazole rings is 1. The zero-order chi connectivity index (χ0) is 16.7. The third kappa shape index (κ3) is 2.93. The molecule has 0 radical (unpaired) electrons. The average Bonchev–Trinajstić information content (AvgIpc) is 3.20. The number of amides is 1. The summed E-state index contributed by atoms with van der Waals surface area (Å²) in [7, 11) is 0. The summed E-state index contributed by atoms with van der Waals surface area (Å²) in [6.45, 7) is 5.60. The van der Waals surface area contributed by atoms with E-state index in [0.29, 0.717) is 11.8 Å². The predicted molar refractivity (Wildman–Crippen MR) is 94.6 cm³/mol. The molecular formula is C19H22N2O2S. The Hall–Kier alpha value is -1.88. The molecule has 2 aliphatic rings. The van der Waals surface area contributed by atoms with E-state index in [2.05, 4.69) is 4.98 Å². The molecule has 4 rings (SSSR count). The van der Waals surface area contributed by atoms with Crippen molar-refractivity contribution in [2.75, 3.05) is 13.1 Å². The van der Waals surface area contributed by atoms with Crippen LogP contribution < -0.4 is 4.74 Å². The van der Waals surface area contributed by atoms with E-state index in [-0.39, 0.29) is 12.0 Å². The largest absolute Gasteiger partial charge is 0.490 e.